The molecule has 1 rings (SSSR count). The van der Waals surface area contributed by atoms with Crippen molar-refractivity contribution in [1.82, 2.24) is 10.2 Å². The summed E-state index contributed by atoms with van der Waals surface area (Å²) >= 11 is 0. The lowest BCUT2D eigenvalue weighted by molar-refractivity contribution is 0.108. The van der Waals surface area contributed by atoms with Gasteiger partial charge in [-0.2, -0.15) is 0 Å². The number of hydrogen-bond acceptors (Lipinski definition) is 2. The van der Waals surface area contributed by atoms with E-state index in [0.29, 0.717) is 12.5 Å². The number of aliphatic imine (C=N–C) groups is 1. The SMILES string of the molecule is CN=C(NCCCOCC(C)C)N(C)Cc1ccc(F)cc1. The summed E-state index contributed by atoms with van der Waals surface area (Å²) in [6.07, 6.45) is 0.941. The van der Waals surface area contributed by atoms with Crippen molar-refractivity contribution in [3.63, 3.8) is 0 Å². The molecular formula is C17H28FN3O. The fourth-order valence-electron chi connectivity index (χ4n) is 2.02. The van der Waals surface area contributed by atoms with Gasteiger partial charge in [-0.05, 0) is 30.0 Å². The minimum atomic E-state index is -0.213. The van der Waals surface area contributed by atoms with Gasteiger partial charge in [0, 0.05) is 40.4 Å². The van der Waals surface area contributed by atoms with Crippen LogP contribution in [0.3, 0.4) is 0 Å². The first-order valence-electron chi connectivity index (χ1n) is 7.77. The summed E-state index contributed by atoms with van der Waals surface area (Å²) in [5.74, 6) is 1.19. The van der Waals surface area contributed by atoms with Crippen LogP contribution in [0.2, 0.25) is 0 Å². The second-order valence-electron chi connectivity index (χ2n) is 5.78. The number of rotatable bonds is 8. The fourth-order valence-corrected chi connectivity index (χ4v) is 2.02. The van der Waals surface area contributed by atoms with Gasteiger partial charge in [-0.25, -0.2) is 4.39 Å². The van der Waals surface area contributed by atoms with Gasteiger partial charge in [0.1, 0.15) is 5.82 Å². The number of nitrogens with zero attached hydrogens (tertiary/aromatic N) is 2. The van der Waals surface area contributed by atoms with Crippen LogP contribution in [0, 0.1) is 11.7 Å². The van der Waals surface area contributed by atoms with E-state index in [0.717, 1.165) is 37.7 Å². The topological polar surface area (TPSA) is 36.9 Å². The van der Waals surface area contributed by atoms with Crippen LogP contribution in [0.4, 0.5) is 4.39 Å². The maximum Gasteiger partial charge on any atom is 0.193 e. The van der Waals surface area contributed by atoms with Crippen LogP contribution >= 0.6 is 0 Å². The number of benzene rings is 1. The Labute approximate surface area is 133 Å². The summed E-state index contributed by atoms with van der Waals surface area (Å²) in [6, 6.07) is 6.54. The standard InChI is InChI=1S/C17H28FN3O/c1-14(2)13-22-11-5-10-20-17(19-3)21(4)12-15-6-8-16(18)9-7-15/h6-9,14H,5,10-13H2,1-4H3,(H,19,20). The van der Waals surface area contributed by atoms with Gasteiger partial charge in [0.15, 0.2) is 5.96 Å². The molecule has 0 bridgehead atoms. The molecule has 0 atom stereocenters. The lowest BCUT2D eigenvalue weighted by Crippen LogP contribution is -2.39. The average molecular weight is 309 g/mol. The Balaban J connectivity index is 2.29. The lowest BCUT2D eigenvalue weighted by Gasteiger charge is -2.22. The van der Waals surface area contributed by atoms with E-state index in [1.165, 1.54) is 12.1 Å². The molecule has 0 amide bonds. The van der Waals surface area contributed by atoms with Crippen LogP contribution in [0.5, 0.6) is 0 Å². The molecular weight excluding hydrogens is 281 g/mol. The van der Waals surface area contributed by atoms with Crippen LogP contribution < -0.4 is 5.32 Å². The van der Waals surface area contributed by atoms with Crippen LogP contribution in [0.1, 0.15) is 25.8 Å². The summed E-state index contributed by atoms with van der Waals surface area (Å²) in [6.45, 7) is 7.35. The summed E-state index contributed by atoms with van der Waals surface area (Å²) < 4.78 is 18.5. The molecule has 1 aromatic rings. The van der Waals surface area contributed by atoms with Gasteiger partial charge in [0.05, 0.1) is 0 Å². The summed E-state index contributed by atoms with van der Waals surface area (Å²) in [7, 11) is 3.73. The number of halogens is 1. The zero-order valence-corrected chi connectivity index (χ0v) is 14.1. The zero-order valence-electron chi connectivity index (χ0n) is 14.1. The van der Waals surface area contributed by atoms with Crippen molar-refractivity contribution in [2.24, 2.45) is 10.9 Å². The molecule has 0 saturated carbocycles. The summed E-state index contributed by atoms with van der Waals surface area (Å²) in [4.78, 5) is 6.28. The van der Waals surface area contributed by atoms with Gasteiger partial charge in [0.25, 0.3) is 0 Å². The number of hydrogen-bond donors (Lipinski definition) is 1. The fraction of sp³-hybridized carbons (Fsp3) is 0.588. The molecule has 0 heterocycles. The Hall–Kier alpha value is -1.62. The lowest BCUT2D eigenvalue weighted by atomic mass is 10.2. The highest BCUT2D eigenvalue weighted by Gasteiger charge is 2.06. The van der Waals surface area contributed by atoms with Crippen molar-refractivity contribution in [3.8, 4) is 0 Å². The van der Waals surface area contributed by atoms with E-state index in [-0.39, 0.29) is 5.82 Å². The number of ether oxygens (including phenoxy) is 1. The van der Waals surface area contributed by atoms with Crippen molar-refractivity contribution in [1.29, 1.82) is 0 Å². The highest BCUT2D eigenvalue weighted by atomic mass is 19.1. The Kier molecular flexibility index (Phi) is 8.51. The van der Waals surface area contributed by atoms with Crippen LogP contribution in [0.15, 0.2) is 29.3 Å². The molecule has 0 radical (unpaired) electrons. The van der Waals surface area contributed by atoms with Crippen molar-refractivity contribution in [2.45, 2.75) is 26.8 Å². The summed E-state index contributed by atoms with van der Waals surface area (Å²) in [5.41, 5.74) is 1.05. The van der Waals surface area contributed by atoms with Crippen LogP contribution in [-0.4, -0.2) is 44.7 Å². The third-order valence-electron chi connectivity index (χ3n) is 3.11. The van der Waals surface area contributed by atoms with Crippen LogP contribution in [-0.2, 0) is 11.3 Å². The number of nitrogens with one attached hydrogen (secondary N) is 1. The van der Waals surface area contributed by atoms with Gasteiger partial charge in [-0.15, -0.1) is 0 Å². The molecule has 0 aromatic heterocycles. The first kappa shape index (κ1) is 18.4. The molecule has 0 unspecified atom stereocenters. The van der Waals surface area contributed by atoms with Gasteiger partial charge >= 0.3 is 0 Å². The van der Waals surface area contributed by atoms with E-state index in [2.05, 4.69) is 24.2 Å². The summed E-state index contributed by atoms with van der Waals surface area (Å²) in [5, 5.41) is 3.31. The van der Waals surface area contributed by atoms with Crippen molar-refractivity contribution in [2.75, 3.05) is 33.9 Å². The average Bonchev–Trinajstić information content (AvgIpc) is 2.48. The highest BCUT2D eigenvalue weighted by Crippen LogP contribution is 2.05. The molecule has 1 N–H and O–H groups in total. The normalized spacial score (nSPS) is 11.8. The molecule has 0 aliphatic heterocycles. The third-order valence-corrected chi connectivity index (χ3v) is 3.11. The first-order chi connectivity index (χ1) is 10.5. The van der Waals surface area contributed by atoms with Crippen molar-refractivity contribution >= 4 is 5.96 Å². The van der Waals surface area contributed by atoms with E-state index in [4.69, 9.17) is 4.74 Å². The molecule has 0 spiro atoms. The largest absolute Gasteiger partial charge is 0.381 e. The second kappa shape index (κ2) is 10.2. The molecule has 0 aliphatic rings. The maximum atomic E-state index is 12.9. The molecule has 22 heavy (non-hydrogen) atoms. The molecule has 124 valence electrons. The highest BCUT2D eigenvalue weighted by molar-refractivity contribution is 5.79. The smallest absolute Gasteiger partial charge is 0.193 e. The minimum absolute atomic E-state index is 0.213. The third kappa shape index (κ3) is 7.41. The van der Waals surface area contributed by atoms with E-state index >= 15 is 0 Å². The number of guanidine groups is 1. The first-order valence-corrected chi connectivity index (χ1v) is 7.77. The molecule has 0 fully saturated rings. The van der Waals surface area contributed by atoms with Gasteiger partial charge < -0.3 is 15.0 Å². The Morgan fingerprint density at radius 1 is 1.32 bits per heavy atom. The molecule has 5 heteroatoms. The quantitative estimate of drug-likeness (QED) is 0.456. The Morgan fingerprint density at radius 2 is 2.00 bits per heavy atom. The van der Waals surface area contributed by atoms with E-state index in [1.54, 1.807) is 19.2 Å². The Morgan fingerprint density at radius 3 is 2.59 bits per heavy atom. The monoisotopic (exact) mass is 309 g/mol. The predicted molar refractivity (Wildman–Crippen MR) is 89.5 cm³/mol. The van der Waals surface area contributed by atoms with Gasteiger partial charge in [-0.1, -0.05) is 26.0 Å². The predicted octanol–water partition coefficient (Wildman–Crippen LogP) is 2.90. The maximum absolute atomic E-state index is 12.9. The molecule has 0 aliphatic carbocycles. The van der Waals surface area contributed by atoms with E-state index in [9.17, 15) is 4.39 Å². The van der Waals surface area contributed by atoms with Crippen molar-refractivity contribution < 1.29 is 9.13 Å². The minimum Gasteiger partial charge on any atom is -0.381 e. The molecule has 0 saturated heterocycles. The Bertz CT molecular complexity index is 446. The second-order valence-corrected chi connectivity index (χ2v) is 5.78. The van der Waals surface area contributed by atoms with Gasteiger partial charge in [0.2, 0.25) is 0 Å². The van der Waals surface area contributed by atoms with E-state index in [1.807, 2.05) is 11.9 Å². The molecule has 4 nitrogen and oxygen atoms in total. The van der Waals surface area contributed by atoms with E-state index < -0.39 is 0 Å². The van der Waals surface area contributed by atoms with Gasteiger partial charge in [-0.3, -0.25) is 4.99 Å². The van der Waals surface area contributed by atoms with Crippen LogP contribution in [0.25, 0.3) is 0 Å². The molecule has 1 aromatic carbocycles. The zero-order chi connectivity index (χ0) is 16.4. The van der Waals surface area contributed by atoms with Crippen molar-refractivity contribution in [3.05, 3.63) is 35.6 Å².